The lowest BCUT2D eigenvalue weighted by molar-refractivity contribution is -0.118. The quantitative estimate of drug-likeness (QED) is 0.411. The van der Waals surface area contributed by atoms with Crippen LogP contribution >= 0.6 is 22.9 Å². The third-order valence-electron chi connectivity index (χ3n) is 5.91. The second-order valence-corrected chi connectivity index (χ2v) is 11.9. The number of likely N-dealkylation sites (N-methyl/N-ethyl adjacent to an activating group) is 1. The number of sulfonamides is 1. The molecule has 1 unspecified atom stereocenters. The van der Waals surface area contributed by atoms with Crippen LogP contribution in [-0.4, -0.2) is 61.3 Å². The highest BCUT2D eigenvalue weighted by molar-refractivity contribution is 7.92. The number of aromatic amines is 1. The van der Waals surface area contributed by atoms with Crippen LogP contribution in [0.2, 0.25) is 4.34 Å². The number of carbonyl (C=O) groups excluding carboxylic acids is 2. The highest BCUT2D eigenvalue weighted by Gasteiger charge is 2.36. The number of carbonyl (C=O) groups is 2. The molecule has 4 rings (SSSR count). The fraction of sp³-hybridized carbons (Fsp3) is 0.292. The largest absolute Gasteiger partial charge is 0.348 e. The van der Waals surface area contributed by atoms with E-state index in [0.29, 0.717) is 27.8 Å². The number of aromatic nitrogens is 2. The van der Waals surface area contributed by atoms with Gasteiger partial charge in [-0.25, -0.2) is 17.8 Å². The first-order valence-electron chi connectivity index (χ1n) is 11.3. The van der Waals surface area contributed by atoms with Crippen molar-refractivity contribution in [1.82, 2.24) is 19.6 Å². The van der Waals surface area contributed by atoms with Gasteiger partial charge in [0, 0.05) is 48.9 Å². The number of H-pyrrole nitrogens is 1. The lowest BCUT2D eigenvalue weighted by Gasteiger charge is -2.20. The normalized spacial score (nSPS) is 16.4. The Morgan fingerprint density at radius 1 is 1.38 bits per heavy atom. The number of allylic oxidation sites excluding steroid dienone is 1. The van der Waals surface area contributed by atoms with Gasteiger partial charge in [-0.3, -0.25) is 9.59 Å². The molecule has 1 aliphatic heterocycles. The minimum Gasteiger partial charge on any atom is -0.348 e. The number of amides is 2. The maximum atomic E-state index is 15.0. The molecule has 37 heavy (non-hydrogen) atoms. The van der Waals surface area contributed by atoms with Crippen molar-refractivity contribution in [3.05, 3.63) is 74.6 Å². The predicted octanol–water partition coefficient (Wildman–Crippen LogP) is 3.66. The van der Waals surface area contributed by atoms with E-state index in [0.717, 1.165) is 17.2 Å². The van der Waals surface area contributed by atoms with Crippen molar-refractivity contribution >= 4 is 56.0 Å². The minimum atomic E-state index is -3.95. The third kappa shape index (κ3) is 6.45. The minimum absolute atomic E-state index is 0.0108. The number of thiophene rings is 1. The summed E-state index contributed by atoms with van der Waals surface area (Å²) in [5, 5.41) is 1.05. The lowest BCUT2D eigenvalue weighted by Crippen LogP contribution is -2.41. The van der Waals surface area contributed by atoms with E-state index in [2.05, 4.69) is 14.7 Å². The van der Waals surface area contributed by atoms with Crippen molar-refractivity contribution < 1.29 is 22.4 Å². The SMILES string of the molecule is C/C(=C/S(=O)(=O)NC1CCN(c2ccc(C(=O)N(C)CCc3cnc[nH]3)cc2F)C1=O)c1ccc(Cl)s1. The molecule has 13 heteroatoms. The van der Waals surface area contributed by atoms with Crippen LogP contribution in [0.4, 0.5) is 10.1 Å². The monoisotopic (exact) mass is 565 g/mol. The van der Waals surface area contributed by atoms with Gasteiger partial charge in [-0.1, -0.05) is 11.6 Å². The zero-order chi connectivity index (χ0) is 26.7. The Morgan fingerprint density at radius 3 is 2.81 bits per heavy atom. The van der Waals surface area contributed by atoms with Crippen molar-refractivity contribution in [3.8, 4) is 0 Å². The van der Waals surface area contributed by atoms with Gasteiger partial charge < -0.3 is 14.8 Å². The Balaban J connectivity index is 1.41. The lowest BCUT2D eigenvalue weighted by atomic mass is 10.1. The predicted molar refractivity (Wildman–Crippen MR) is 141 cm³/mol. The molecule has 2 N–H and O–H groups in total. The number of nitrogens with zero attached hydrogens (tertiary/aromatic N) is 3. The molecule has 1 aliphatic rings. The fourth-order valence-corrected chi connectivity index (χ4v) is 6.33. The summed E-state index contributed by atoms with van der Waals surface area (Å²) in [5.74, 6) is -1.67. The number of imidazole rings is 1. The number of benzene rings is 1. The van der Waals surface area contributed by atoms with Gasteiger partial charge in [0.2, 0.25) is 15.9 Å². The highest BCUT2D eigenvalue weighted by atomic mass is 35.5. The number of anilines is 1. The summed E-state index contributed by atoms with van der Waals surface area (Å²) in [7, 11) is -2.33. The highest BCUT2D eigenvalue weighted by Crippen LogP contribution is 2.29. The van der Waals surface area contributed by atoms with Gasteiger partial charge in [0.05, 0.1) is 21.8 Å². The second kappa shape index (κ2) is 11.1. The molecule has 2 amide bonds. The molecule has 2 aromatic heterocycles. The van der Waals surface area contributed by atoms with Crippen LogP contribution in [0.1, 0.15) is 34.3 Å². The van der Waals surface area contributed by atoms with Gasteiger partial charge in [0.15, 0.2) is 0 Å². The Hall–Kier alpha value is -3.06. The van der Waals surface area contributed by atoms with Gasteiger partial charge in [0.1, 0.15) is 11.9 Å². The molecular formula is C24H25ClFN5O4S2. The van der Waals surface area contributed by atoms with Crippen molar-refractivity contribution in [2.45, 2.75) is 25.8 Å². The van der Waals surface area contributed by atoms with Gasteiger partial charge in [-0.05, 0) is 49.2 Å². The Bertz CT molecular complexity index is 1440. The van der Waals surface area contributed by atoms with Gasteiger partial charge in [-0.2, -0.15) is 4.72 Å². The van der Waals surface area contributed by atoms with E-state index in [4.69, 9.17) is 11.6 Å². The standard InChI is InChI=1S/C24H25ClFN5O4S2/c1-15(21-5-6-22(25)36-21)13-37(34,35)29-19-8-10-31(24(19)33)20-4-3-16(11-18(20)26)23(32)30(2)9-7-17-12-27-14-28-17/h3-6,11-14,19,29H,7-10H2,1-2H3,(H,27,28)/b15-13-. The summed E-state index contributed by atoms with van der Waals surface area (Å²) >= 11 is 7.16. The third-order valence-corrected chi connectivity index (χ3v) is 8.55. The van der Waals surface area contributed by atoms with Gasteiger partial charge >= 0.3 is 0 Å². The molecular weight excluding hydrogens is 541 g/mol. The maximum absolute atomic E-state index is 15.0. The number of hydrogen-bond acceptors (Lipinski definition) is 6. The molecule has 1 atom stereocenters. The number of hydrogen-bond donors (Lipinski definition) is 2. The first kappa shape index (κ1) is 27.0. The molecule has 0 radical (unpaired) electrons. The van der Waals surface area contributed by atoms with E-state index >= 15 is 0 Å². The molecule has 196 valence electrons. The van der Waals surface area contributed by atoms with E-state index < -0.39 is 27.8 Å². The molecule has 9 nitrogen and oxygen atoms in total. The second-order valence-electron chi connectivity index (χ2n) is 8.62. The molecule has 1 fully saturated rings. The number of rotatable bonds is 9. The molecule has 0 spiro atoms. The van der Waals surface area contributed by atoms with Crippen LogP contribution in [0.3, 0.4) is 0 Å². The van der Waals surface area contributed by atoms with E-state index in [1.54, 1.807) is 38.6 Å². The average Bonchev–Trinajstić information content (AvgIpc) is 3.59. The molecule has 1 aromatic carbocycles. The van der Waals surface area contributed by atoms with E-state index in [-0.39, 0.29) is 30.1 Å². The summed E-state index contributed by atoms with van der Waals surface area (Å²) < 4.78 is 43.2. The molecule has 0 saturated carbocycles. The molecule has 1 saturated heterocycles. The van der Waals surface area contributed by atoms with Crippen molar-refractivity contribution in [3.63, 3.8) is 0 Å². The number of nitrogens with one attached hydrogen (secondary N) is 2. The number of halogens is 2. The summed E-state index contributed by atoms with van der Waals surface area (Å²) in [6.07, 6.45) is 3.97. The summed E-state index contributed by atoms with van der Waals surface area (Å²) in [6, 6.07) is 6.26. The molecule has 3 heterocycles. The Labute approximate surface area is 223 Å². The summed E-state index contributed by atoms with van der Waals surface area (Å²) in [6.45, 7) is 2.17. The van der Waals surface area contributed by atoms with Crippen LogP contribution < -0.4 is 9.62 Å². The Kier molecular flexibility index (Phi) is 8.12. The van der Waals surface area contributed by atoms with E-state index in [9.17, 15) is 22.4 Å². The van der Waals surface area contributed by atoms with Gasteiger partial charge in [0.25, 0.3) is 5.91 Å². The molecule has 3 aromatic rings. The first-order valence-corrected chi connectivity index (χ1v) is 14.1. The van der Waals surface area contributed by atoms with Crippen LogP contribution in [0.5, 0.6) is 0 Å². The van der Waals surface area contributed by atoms with Crippen LogP contribution in [0, 0.1) is 5.82 Å². The van der Waals surface area contributed by atoms with Crippen molar-refractivity contribution in [2.75, 3.05) is 25.0 Å². The summed E-state index contributed by atoms with van der Waals surface area (Å²) in [5.41, 5.74) is 1.49. The van der Waals surface area contributed by atoms with E-state index in [1.165, 1.54) is 33.3 Å². The smallest absolute Gasteiger partial charge is 0.253 e. The first-order chi connectivity index (χ1) is 17.5. The Morgan fingerprint density at radius 2 is 2.16 bits per heavy atom. The zero-order valence-corrected chi connectivity index (χ0v) is 22.5. The topological polar surface area (TPSA) is 115 Å². The maximum Gasteiger partial charge on any atom is 0.253 e. The van der Waals surface area contributed by atoms with Gasteiger partial charge in [-0.15, -0.1) is 11.3 Å². The van der Waals surface area contributed by atoms with Crippen molar-refractivity contribution in [2.24, 2.45) is 0 Å². The zero-order valence-electron chi connectivity index (χ0n) is 20.1. The fourth-order valence-electron chi connectivity index (χ4n) is 3.97. The van der Waals surface area contributed by atoms with Crippen molar-refractivity contribution in [1.29, 1.82) is 0 Å². The molecule has 0 aliphatic carbocycles. The van der Waals surface area contributed by atoms with Crippen LogP contribution in [-0.2, 0) is 21.2 Å². The molecule has 0 bridgehead atoms. The van der Waals surface area contributed by atoms with E-state index in [1.807, 2.05) is 0 Å². The average molecular weight is 566 g/mol. The van der Waals surface area contributed by atoms with Crippen LogP contribution in [0.15, 0.2) is 48.3 Å². The summed E-state index contributed by atoms with van der Waals surface area (Å²) in [4.78, 5) is 35.9. The van der Waals surface area contributed by atoms with Crippen LogP contribution in [0.25, 0.3) is 5.57 Å².